The van der Waals surface area contributed by atoms with E-state index in [1.165, 1.54) is 25.3 Å². The maximum absolute atomic E-state index is 11.9. The minimum absolute atomic E-state index is 0.0356. The van der Waals surface area contributed by atoms with Gasteiger partial charge in [0.15, 0.2) is 0 Å². The molecule has 1 saturated carbocycles. The average Bonchev–Trinajstić information content (AvgIpc) is 2.55. The van der Waals surface area contributed by atoms with E-state index in [-0.39, 0.29) is 24.4 Å². The summed E-state index contributed by atoms with van der Waals surface area (Å²) in [6.07, 6.45) is 7.24. The maximum Gasteiger partial charge on any atom is 0.244 e. The molecule has 1 aromatic rings. The van der Waals surface area contributed by atoms with Gasteiger partial charge in [-0.05, 0) is 30.9 Å². The zero-order chi connectivity index (χ0) is 15.8. The first-order chi connectivity index (χ1) is 10.6. The van der Waals surface area contributed by atoms with E-state index >= 15 is 0 Å². The van der Waals surface area contributed by atoms with Crippen molar-refractivity contribution in [2.45, 2.75) is 45.1 Å². The number of carbonyl (C=O) groups excluding carboxylic acids is 2. The molecule has 0 spiro atoms. The second-order valence-electron chi connectivity index (χ2n) is 5.81. The van der Waals surface area contributed by atoms with Crippen molar-refractivity contribution in [3.63, 3.8) is 0 Å². The molecule has 118 valence electrons. The fourth-order valence-corrected chi connectivity index (χ4v) is 2.73. The molecule has 0 bridgehead atoms. The number of hydrogen-bond donors (Lipinski definition) is 2. The number of rotatable bonds is 5. The zero-order valence-electron chi connectivity index (χ0n) is 13.1. The first-order valence-corrected chi connectivity index (χ1v) is 7.96. The Morgan fingerprint density at radius 2 is 1.82 bits per heavy atom. The van der Waals surface area contributed by atoms with Gasteiger partial charge in [-0.1, -0.05) is 49.6 Å². The predicted octanol–water partition coefficient (Wildman–Crippen LogP) is 2.66. The summed E-state index contributed by atoms with van der Waals surface area (Å²) in [5.74, 6) is -0.342. The highest BCUT2D eigenvalue weighted by atomic mass is 16.2. The lowest BCUT2D eigenvalue weighted by Gasteiger charge is -2.22. The van der Waals surface area contributed by atoms with E-state index in [0.717, 1.165) is 24.0 Å². The van der Waals surface area contributed by atoms with Crippen LogP contribution in [0.2, 0.25) is 0 Å². The van der Waals surface area contributed by atoms with Crippen LogP contribution in [-0.4, -0.2) is 24.4 Å². The minimum Gasteiger partial charge on any atom is -0.352 e. The van der Waals surface area contributed by atoms with Gasteiger partial charge in [0.05, 0.1) is 6.54 Å². The lowest BCUT2D eigenvalue weighted by Crippen LogP contribution is -2.42. The lowest BCUT2D eigenvalue weighted by molar-refractivity contribution is -0.124. The molecule has 4 heteroatoms. The molecule has 0 saturated heterocycles. The Labute approximate surface area is 132 Å². The number of allylic oxidation sites excluding steroid dienone is 1. The molecule has 0 unspecified atom stereocenters. The molecule has 1 aliphatic rings. The highest BCUT2D eigenvalue weighted by Crippen LogP contribution is 2.17. The second-order valence-corrected chi connectivity index (χ2v) is 5.81. The summed E-state index contributed by atoms with van der Waals surface area (Å²) in [5.41, 5.74) is 1.88. The van der Waals surface area contributed by atoms with Gasteiger partial charge in [-0.25, -0.2) is 0 Å². The van der Waals surface area contributed by atoms with Crippen molar-refractivity contribution < 1.29 is 9.59 Å². The number of carbonyl (C=O) groups is 2. The summed E-state index contributed by atoms with van der Waals surface area (Å²) in [6.45, 7) is 1.92. The van der Waals surface area contributed by atoms with Gasteiger partial charge in [0.2, 0.25) is 11.8 Å². The van der Waals surface area contributed by atoms with Gasteiger partial charge >= 0.3 is 0 Å². The molecule has 22 heavy (non-hydrogen) atoms. The van der Waals surface area contributed by atoms with Crippen LogP contribution in [0.5, 0.6) is 0 Å². The largest absolute Gasteiger partial charge is 0.352 e. The summed E-state index contributed by atoms with van der Waals surface area (Å²) in [4.78, 5) is 23.7. The van der Waals surface area contributed by atoms with E-state index in [0.29, 0.717) is 0 Å². The highest BCUT2D eigenvalue weighted by Gasteiger charge is 2.15. The van der Waals surface area contributed by atoms with Crippen molar-refractivity contribution in [3.05, 3.63) is 42.0 Å². The monoisotopic (exact) mass is 300 g/mol. The number of amides is 2. The predicted molar refractivity (Wildman–Crippen MR) is 88.1 cm³/mol. The van der Waals surface area contributed by atoms with Crippen molar-refractivity contribution in [3.8, 4) is 0 Å². The third-order valence-corrected chi connectivity index (χ3v) is 3.97. The fourth-order valence-electron chi connectivity index (χ4n) is 2.73. The molecule has 0 aliphatic heterocycles. The SMILES string of the molecule is C/C(=C\C(=O)NCC(=O)NC1CCCCC1)c1ccccc1. The van der Waals surface area contributed by atoms with Crippen LogP contribution in [0.15, 0.2) is 36.4 Å². The lowest BCUT2D eigenvalue weighted by atomic mass is 9.95. The fraction of sp³-hybridized carbons (Fsp3) is 0.444. The molecule has 0 aromatic heterocycles. The number of benzene rings is 1. The smallest absolute Gasteiger partial charge is 0.244 e. The summed E-state index contributed by atoms with van der Waals surface area (Å²) in [7, 11) is 0. The van der Waals surface area contributed by atoms with Crippen LogP contribution in [0.3, 0.4) is 0 Å². The van der Waals surface area contributed by atoms with Gasteiger partial charge in [-0.2, -0.15) is 0 Å². The summed E-state index contributed by atoms with van der Waals surface area (Å²) >= 11 is 0. The molecule has 2 amide bonds. The van der Waals surface area contributed by atoms with Gasteiger partial charge in [0.1, 0.15) is 0 Å². The van der Waals surface area contributed by atoms with Crippen molar-refractivity contribution in [1.29, 1.82) is 0 Å². The van der Waals surface area contributed by atoms with E-state index in [2.05, 4.69) is 10.6 Å². The topological polar surface area (TPSA) is 58.2 Å². The van der Waals surface area contributed by atoms with Crippen LogP contribution < -0.4 is 10.6 Å². The van der Waals surface area contributed by atoms with Crippen LogP contribution in [0.25, 0.3) is 5.57 Å². The minimum atomic E-state index is -0.236. The van der Waals surface area contributed by atoms with Gasteiger partial charge in [-0.3, -0.25) is 9.59 Å². The molecule has 0 atom stereocenters. The van der Waals surface area contributed by atoms with Gasteiger partial charge in [0, 0.05) is 12.1 Å². The standard InChI is InChI=1S/C18H24N2O2/c1-14(15-8-4-2-5-9-15)12-17(21)19-13-18(22)20-16-10-6-3-7-11-16/h2,4-5,8-9,12,16H,3,6-7,10-11,13H2,1H3,(H,19,21)(H,20,22)/b14-12+. The van der Waals surface area contributed by atoms with Crippen LogP contribution in [-0.2, 0) is 9.59 Å². The molecule has 1 fully saturated rings. The van der Waals surface area contributed by atoms with Crippen molar-refractivity contribution in [2.24, 2.45) is 0 Å². The molecule has 0 heterocycles. The summed E-state index contributed by atoms with van der Waals surface area (Å²) in [5, 5.41) is 5.63. The third-order valence-electron chi connectivity index (χ3n) is 3.97. The normalized spacial score (nSPS) is 16.1. The Morgan fingerprint density at radius 3 is 2.50 bits per heavy atom. The van der Waals surface area contributed by atoms with E-state index in [1.807, 2.05) is 37.3 Å². The van der Waals surface area contributed by atoms with E-state index in [1.54, 1.807) is 0 Å². The van der Waals surface area contributed by atoms with Crippen molar-refractivity contribution >= 4 is 17.4 Å². The number of hydrogen-bond acceptors (Lipinski definition) is 2. The van der Waals surface area contributed by atoms with Gasteiger partial charge in [-0.15, -0.1) is 0 Å². The molecule has 2 N–H and O–H groups in total. The van der Waals surface area contributed by atoms with Crippen molar-refractivity contribution in [2.75, 3.05) is 6.54 Å². The second kappa shape index (κ2) is 8.37. The zero-order valence-corrected chi connectivity index (χ0v) is 13.1. The molecular weight excluding hydrogens is 276 g/mol. The Kier molecular flexibility index (Phi) is 6.19. The molecular formula is C18H24N2O2. The molecule has 2 rings (SSSR count). The van der Waals surface area contributed by atoms with Crippen molar-refractivity contribution in [1.82, 2.24) is 10.6 Å². The third kappa shape index (κ3) is 5.35. The maximum atomic E-state index is 11.9. The Balaban J connectivity index is 1.76. The summed E-state index contributed by atoms with van der Waals surface area (Å²) < 4.78 is 0. The quantitative estimate of drug-likeness (QED) is 0.821. The Hall–Kier alpha value is -2.10. The molecule has 0 radical (unpaired) electrons. The first kappa shape index (κ1) is 16.3. The van der Waals surface area contributed by atoms with Gasteiger partial charge < -0.3 is 10.6 Å². The first-order valence-electron chi connectivity index (χ1n) is 7.96. The van der Waals surface area contributed by atoms with Gasteiger partial charge in [0.25, 0.3) is 0 Å². The van der Waals surface area contributed by atoms with E-state index in [4.69, 9.17) is 0 Å². The Bertz CT molecular complexity index is 531. The van der Waals surface area contributed by atoms with E-state index in [9.17, 15) is 9.59 Å². The average molecular weight is 300 g/mol. The van der Waals surface area contributed by atoms with Crippen LogP contribution in [0.4, 0.5) is 0 Å². The Morgan fingerprint density at radius 1 is 1.14 bits per heavy atom. The summed E-state index contributed by atoms with van der Waals surface area (Å²) in [6, 6.07) is 9.99. The number of nitrogens with one attached hydrogen (secondary N) is 2. The highest BCUT2D eigenvalue weighted by molar-refractivity contribution is 5.96. The van der Waals surface area contributed by atoms with Crippen LogP contribution in [0, 0.1) is 0 Å². The van der Waals surface area contributed by atoms with Crippen LogP contribution >= 0.6 is 0 Å². The molecule has 1 aromatic carbocycles. The molecule has 1 aliphatic carbocycles. The van der Waals surface area contributed by atoms with E-state index < -0.39 is 0 Å². The molecule has 4 nitrogen and oxygen atoms in total. The van der Waals surface area contributed by atoms with Crippen LogP contribution in [0.1, 0.15) is 44.6 Å².